The van der Waals surface area contributed by atoms with E-state index in [0.717, 1.165) is 30.4 Å². The Balaban J connectivity index is 2.18. The van der Waals surface area contributed by atoms with E-state index in [1.54, 1.807) is 29.2 Å². The van der Waals surface area contributed by atoms with Crippen LogP contribution in [0.4, 0.5) is 5.69 Å². The first kappa shape index (κ1) is 30.6. The fraction of sp³-hybridized carbons (Fsp3) is 0.500. The molecule has 1 N–H and O–H groups in total. The third kappa shape index (κ3) is 9.67. The Kier molecular flexibility index (Phi) is 12.4. The summed E-state index contributed by atoms with van der Waals surface area (Å²) in [6.45, 7) is 6.98. The lowest BCUT2D eigenvalue weighted by atomic mass is 10.1. The van der Waals surface area contributed by atoms with Gasteiger partial charge >= 0.3 is 0 Å². The van der Waals surface area contributed by atoms with Crippen LogP contribution in [0.15, 0.2) is 48.5 Å². The Morgan fingerprint density at radius 2 is 1.57 bits per heavy atom. The van der Waals surface area contributed by atoms with Crippen LogP contribution in [0, 0.1) is 0 Å². The zero-order valence-corrected chi connectivity index (χ0v) is 23.9. The van der Waals surface area contributed by atoms with Gasteiger partial charge in [0.25, 0.3) is 0 Å². The van der Waals surface area contributed by atoms with Crippen molar-refractivity contribution in [3.63, 3.8) is 0 Å². The molecule has 0 radical (unpaired) electrons. The average Bonchev–Trinajstić information content (AvgIpc) is 2.87. The molecule has 1 atom stereocenters. The number of aryl methyl sites for hydroxylation is 1. The van der Waals surface area contributed by atoms with Crippen molar-refractivity contribution < 1.29 is 18.0 Å². The fourth-order valence-electron chi connectivity index (χ4n) is 4.11. The van der Waals surface area contributed by atoms with E-state index in [4.69, 9.17) is 11.6 Å². The van der Waals surface area contributed by atoms with Gasteiger partial charge in [-0.15, -0.1) is 0 Å². The predicted octanol–water partition coefficient (Wildman–Crippen LogP) is 5.17. The van der Waals surface area contributed by atoms with Gasteiger partial charge < -0.3 is 10.2 Å². The number of nitrogens with one attached hydrogen (secondary N) is 1. The third-order valence-corrected chi connectivity index (χ3v) is 7.71. The summed E-state index contributed by atoms with van der Waals surface area (Å²) >= 11 is 6.03. The number of rotatable bonds is 15. The molecule has 2 aromatic rings. The molecule has 0 saturated heterocycles. The molecule has 0 aliphatic carbocycles. The molecular formula is C28H40ClN3O4S. The lowest BCUT2D eigenvalue weighted by Gasteiger charge is -2.31. The molecule has 0 spiro atoms. The third-order valence-electron chi connectivity index (χ3n) is 6.27. The fourth-order valence-corrected chi connectivity index (χ4v) is 5.21. The number of sulfonamides is 1. The number of carbonyl (C=O) groups is 2. The number of halogens is 1. The molecule has 0 aromatic heterocycles. The molecule has 0 bridgehead atoms. The molecule has 0 aliphatic heterocycles. The van der Waals surface area contributed by atoms with Crippen molar-refractivity contribution in [1.29, 1.82) is 0 Å². The topological polar surface area (TPSA) is 86.8 Å². The second-order valence-corrected chi connectivity index (χ2v) is 11.5. The van der Waals surface area contributed by atoms with E-state index in [2.05, 4.69) is 12.2 Å². The highest BCUT2D eigenvalue weighted by molar-refractivity contribution is 7.92. The molecule has 2 aromatic carbocycles. The van der Waals surface area contributed by atoms with Crippen molar-refractivity contribution in [2.75, 3.05) is 23.7 Å². The minimum absolute atomic E-state index is 0.116. The van der Waals surface area contributed by atoms with Gasteiger partial charge in [0.05, 0.1) is 11.9 Å². The van der Waals surface area contributed by atoms with Crippen LogP contribution in [0.5, 0.6) is 0 Å². The number of amides is 2. The van der Waals surface area contributed by atoms with E-state index in [-0.39, 0.29) is 31.3 Å². The summed E-state index contributed by atoms with van der Waals surface area (Å²) in [5.41, 5.74) is 2.56. The Labute approximate surface area is 227 Å². The maximum absolute atomic E-state index is 13.5. The first-order valence-corrected chi connectivity index (χ1v) is 15.2. The molecule has 0 fully saturated rings. The minimum atomic E-state index is -3.52. The van der Waals surface area contributed by atoms with Crippen molar-refractivity contribution in [2.45, 2.75) is 71.9 Å². The van der Waals surface area contributed by atoms with E-state index < -0.39 is 16.1 Å². The first-order chi connectivity index (χ1) is 17.6. The quantitative estimate of drug-likeness (QED) is 0.310. The molecule has 0 heterocycles. The van der Waals surface area contributed by atoms with Gasteiger partial charge in [0.1, 0.15) is 6.04 Å². The summed E-state index contributed by atoms with van der Waals surface area (Å²) in [5, 5.41) is 3.54. The van der Waals surface area contributed by atoms with Crippen LogP contribution in [0.3, 0.4) is 0 Å². The molecule has 9 heteroatoms. The number of unbranched alkanes of at least 4 members (excludes halogenated alkanes) is 1. The van der Waals surface area contributed by atoms with E-state index >= 15 is 0 Å². The van der Waals surface area contributed by atoms with Gasteiger partial charge in [-0.05, 0) is 61.1 Å². The molecule has 1 unspecified atom stereocenters. The summed E-state index contributed by atoms with van der Waals surface area (Å²) in [7, 11) is -3.52. The zero-order valence-electron chi connectivity index (χ0n) is 22.4. The Bertz CT molecular complexity index is 1110. The number of hydrogen-bond donors (Lipinski definition) is 1. The van der Waals surface area contributed by atoms with Gasteiger partial charge in [-0.25, -0.2) is 8.42 Å². The summed E-state index contributed by atoms with van der Waals surface area (Å²) in [4.78, 5) is 28.0. The first-order valence-electron chi connectivity index (χ1n) is 13.0. The lowest BCUT2D eigenvalue weighted by Crippen LogP contribution is -2.49. The number of nitrogens with zero attached hydrogens (tertiary/aromatic N) is 2. The molecule has 0 aliphatic rings. The van der Waals surface area contributed by atoms with Crippen LogP contribution >= 0.6 is 11.6 Å². The minimum Gasteiger partial charge on any atom is -0.354 e. The summed E-state index contributed by atoms with van der Waals surface area (Å²) in [6, 6.07) is 14.0. The zero-order chi connectivity index (χ0) is 27.4. The molecule has 2 rings (SSSR count). The van der Waals surface area contributed by atoms with Crippen LogP contribution < -0.4 is 9.62 Å². The number of carbonyl (C=O) groups excluding carboxylic acids is 2. The predicted molar refractivity (Wildman–Crippen MR) is 151 cm³/mol. The van der Waals surface area contributed by atoms with Crippen molar-refractivity contribution in [2.24, 2.45) is 0 Å². The van der Waals surface area contributed by atoms with E-state index in [9.17, 15) is 18.0 Å². The van der Waals surface area contributed by atoms with Gasteiger partial charge in [0, 0.05) is 31.1 Å². The number of anilines is 1. The van der Waals surface area contributed by atoms with Crippen molar-refractivity contribution >= 4 is 39.1 Å². The Hall–Kier alpha value is -2.58. The molecule has 2 amide bonds. The van der Waals surface area contributed by atoms with Gasteiger partial charge in [0.15, 0.2) is 0 Å². The van der Waals surface area contributed by atoms with Crippen LogP contribution in [0.2, 0.25) is 5.02 Å². The monoisotopic (exact) mass is 549 g/mol. The summed E-state index contributed by atoms with van der Waals surface area (Å²) in [5.74, 6) is -0.366. The van der Waals surface area contributed by atoms with Crippen LogP contribution in [-0.2, 0) is 32.6 Å². The largest absolute Gasteiger partial charge is 0.354 e. The normalized spacial score (nSPS) is 12.1. The van der Waals surface area contributed by atoms with E-state index in [1.807, 2.05) is 38.1 Å². The Morgan fingerprint density at radius 3 is 2.11 bits per heavy atom. The summed E-state index contributed by atoms with van der Waals surface area (Å²) < 4.78 is 26.3. The van der Waals surface area contributed by atoms with Crippen molar-refractivity contribution in [1.82, 2.24) is 10.2 Å². The van der Waals surface area contributed by atoms with E-state index in [1.165, 1.54) is 10.6 Å². The summed E-state index contributed by atoms with van der Waals surface area (Å²) in [6.07, 6.45) is 4.77. The smallest absolute Gasteiger partial charge is 0.242 e. The van der Waals surface area contributed by atoms with Gasteiger partial charge in [-0.1, -0.05) is 63.1 Å². The van der Waals surface area contributed by atoms with Gasteiger partial charge in [-0.3, -0.25) is 13.9 Å². The maximum atomic E-state index is 13.5. The molecule has 7 nitrogen and oxygen atoms in total. The van der Waals surface area contributed by atoms with Crippen LogP contribution in [0.1, 0.15) is 64.0 Å². The highest BCUT2D eigenvalue weighted by Crippen LogP contribution is 2.21. The standard InChI is InChI=1S/C28H40ClN3O4S/c1-5-8-19-30-28(34)26(7-3)31(21-23-11-15-24(29)16-12-23)27(33)10-9-20-32(37(4,35)36)25-17-13-22(6-2)14-18-25/h11-18,26H,5-10,19-21H2,1-4H3,(H,30,34). The SMILES string of the molecule is CCCCNC(=O)C(CC)N(Cc1ccc(Cl)cc1)C(=O)CCCN(c1ccc(CC)cc1)S(C)(=O)=O. The average molecular weight is 550 g/mol. The molecule has 0 saturated carbocycles. The molecular weight excluding hydrogens is 510 g/mol. The maximum Gasteiger partial charge on any atom is 0.242 e. The van der Waals surface area contributed by atoms with Crippen LogP contribution in [0.25, 0.3) is 0 Å². The molecule has 204 valence electrons. The number of benzene rings is 2. The molecule has 37 heavy (non-hydrogen) atoms. The highest BCUT2D eigenvalue weighted by atomic mass is 35.5. The lowest BCUT2D eigenvalue weighted by molar-refractivity contribution is -0.141. The second kappa shape index (κ2) is 15.0. The highest BCUT2D eigenvalue weighted by Gasteiger charge is 2.28. The van der Waals surface area contributed by atoms with Crippen molar-refractivity contribution in [3.05, 3.63) is 64.7 Å². The van der Waals surface area contributed by atoms with Crippen molar-refractivity contribution in [3.8, 4) is 0 Å². The van der Waals surface area contributed by atoms with E-state index in [0.29, 0.717) is 30.1 Å². The number of hydrogen-bond acceptors (Lipinski definition) is 4. The second-order valence-electron chi connectivity index (χ2n) is 9.18. The van der Waals surface area contributed by atoms with Crippen LogP contribution in [-0.4, -0.2) is 50.5 Å². The van der Waals surface area contributed by atoms with Gasteiger partial charge in [-0.2, -0.15) is 0 Å². The Morgan fingerprint density at radius 1 is 0.946 bits per heavy atom. The van der Waals surface area contributed by atoms with Gasteiger partial charge in [0.2, 0.25) is 21.8 Å².